The number of aliphatic hydroxyl groups excluding tert-OH is 2. The monoisotopic (exact) mass is 818 g/mol. The van der Waals surface area contributed by atoms with Crippen molar-refractivity contribution in [1.82, 2.24) is 5.32 Å². The second-order valence-corrected chi connectivity index (χ2v) is 17.5. The molecule has 0 aliphatic heterocycles. The molecule has 0 rings (SSSR count). The Kier molecular flexibility index (Phi) is 46.6. The molecule has 342 valence electrons. The summed E-state index contributed by atoms with van der Waals surface area (Å²) >= 11 is 0. The van der Waals surface area contributed by atoms with Crippen molar-refractivity contribution in [1.29, 1.82) is 0 Å². The molecule has 0 saturated heterocycles. The normalized spacial score (nSPS) is 12.8. The highest BCUT2D eigenvalue weighted by Crippen LogP contribution is 2.16. The maximum Gasteiger partial charge on any atom is 0.305 e. The summed E-state index contributed by atoms with van der Waals surface area (Å²) in [7, 11) is 0. The Bertz CT molecular complexity index is 904. The van der Waals surface area contributed by atoms with Gasteiger partial charge in [-0.05, 0) is 57.8 Å². The lowest BCUT2D eigenvalue weighted by molar-refractivity contribution is -0.143. The topological polar surface area (TPSA) is 95.9 Å². The van der Waals surface area contributed by atoms with E-state index >= 15 is 0 Å². The van der Waals surface area contributed by atoms with Crippen molar-refractivity contribution >= 4 is 11.9 Å². The number of ether oxygens (including phenoxy) is 1. The zero-order chi connectivity index (χ0) is 42.3. The van der Waals surface area contributed by atoms with E-state index in [-0.39, 0.29) is 18.5 Å². The fourth-order valence-electron chi connectivity index (χ4n) is 7.74. The number of hydrogen-bond acceptors (Lipinski definition) is 5. The van der Waals surface area contributed by atoms with E-state index in [0.29, 0.717) is 19.4 Å². The van der Waals surface area contributed by atoms with Crippen molar-refractivity contribution in [2.45, 2.75) is 283 Å². The number of unbranched alkanes of at least 4 members (excludes halogenated alkanes) is 34. The number of hydrogen-bond donors (Lipinski definition) is 3. The van der Waals surface area contributed by atoms with Crippen LogP contribution < -0.4 is 5.32 Å². The van der Waals surface area contributed by atoms with Gasteiger partial charge in [0.25, 0.3) is 0 Å². The fourth-order valence-corrected chi connectivity index (χ4v) is 7.74. The first-order valence-electron chi connectivity index (χ1n) is 25.6. The lowest BCUT2D eigenvalue weighted by Gasteiger charge is -2.20. The molecule has 0 bridgehead atoms. The van der Waals surface area contributed by atoms with Crippen LogP contribution in [0.2, 0.25) is 0 Å². The van der Waals surface area contributed by atoms with Crippen LogP contribution in [0, 0.1) is 0 Å². The van der Waals surface area contributed by atoms with E-state index in [1.165, 1.54) is 161 Å². The molecule has 0 fully saturated rings. The van der Waals surface area contributed by atoms with E-state index in [1.54, 1.807) is 6.08 Å². The van der Waals surface area contributed by atoms with Crippen LogP contribution in [0.5, 0.6) is 0 Å². The van der Waals surface area contributed by atoms with Crippen LogP contribution in [0.25, 0.3) is 0 Å². The molecule has 0 aromatic heterocycles. The minimum Gasteiger partial charge on any atom is -0.466 e. The van der Waals surface area contributed by atoms with Gasteiger partial charge in [0, 0.05) is 12.8 Å². The maximum atomic E-state index is 12.4. The predicted molar refractivity (Wildman–Crippen MR) is 250 cm³/mol. The highest BCUT2D eigenvalue weighted by atomic mass is 16.5. The number of amides is 1. The van der Waals surface area contributed by atoms with Gasteiger partial charge in [0.2, 0.25) is 5.91 Å². The molecule has 0 radical (unpaired) electrons. The molecule has 0 heterocycles. The third-order valence-corrected chi connectivity index (χ3v) is 11.7. The first-order valence-corrected chi connectivity index (χ1v) is 25.6. The van der Waals surface area contributed by atoms with E-state index in [1.807, 2.05) is 6.08 Å². The number of allylic oxidation sites excluding steroid dienone is 3. The highest BCUT2D eigenvalue weighted by Gasteiger charge is 2.18. The van der Waals surface area contributed by atoms with Crippen LogP contribution in [0.3, 0.4) is 0 Å². The molecular weight excluding hydrogens is 719 g/mol. The van der Waals surface area contributed by atoms with E-state index in [0.717, 1.165) is 83.5 Å². The van der Waals surface area contributed by atoms with Gasteiger partial charge in [0.05, 0.1) is 25.4 Å². The molecule has 2 atom stereocenters. The maximum absolute atomic E-state index is 12.4. The molecule has 0 saturated carbocycles. The Balaban J connectivity index is 3.53. The first kappa shape index (κ1) is 56.3. The number of rotatable bonds is 47. The first-order chi connectivity index (χ1) is 28.5. The number of nitrogens with one attached hydrogen (secondary N) is 1. The average Bonchev–Trinajstić information content (AvgIpc) is 3.22. The fraction of sp³-hybridized carbons (Fsp3) is 0.885. The Morgan fingerprint density at radius 2 is 0.810 bits per heavy atom. The minimum atomic E-state index is -0.861. The summed E-state index contributed by atoms with van der Waals surface area (Å²) in [5, 5.41) is 23.0. The van der Waals surface area contributed by atoms with E-state index < -0.39 is 12.1 Å². The molecular formula is C52H99NO5. The quantitative estimate of drug-likeness (QED) is 0.0323. The third kappa shape index (κ3) is 43.9. The van der Waals surface area contributed by atoms with Crippen molar-refractivity contribution in [2.75, 3.05) is 13.2 Å². The van der Waals surface area contributed by atoms with Gasteiger partial charge >= 0.3 is 5.97 Å². The van der Waals surface area contributed by atoms with Gasteiger partial charge in [-0.25, -0.2) is 0 Å². The van der Waals surface area contributed by atoms with Gasteiger partial charge < -0.3 is 20.3 Å². The number of carbonyl (C=O) groups is 2. The van der Waals surface area contributed by atoms with Gasteiger partial charge in [-0.2, -0.15) is 0 Å². The molecule has 3 N–H and O–H groups in total. The van der Waals surface area contributed by atoms with E-state index in [2.05, 4.69) is 31.3 Å². The zero-order valence-electron chi connectivity index (χ0n) is 38.8. The zero-order valence-corrected chi connectivity index (χ0v) is 38.8. The van der Waals surface area contributed by atoms with Crippen LogP contribution >= 0.6 is 0 Å². The summed E-state index contributed by atoms with van der Waals surface area (Å²) in [6.07, 6.45) is 56.1. The molecule has 0 aliphatic rings. The SMILES string of the molecule is CCCCCCCCCCCCCC/C=C/C(O)C(CO)NC(=O)CCCCCCC/C=C\CCCCOC(=O)CCCCCCCCCCCCCCCCCC. The molecule has 0 aromatic carbocycles. The standard InChI is InChI=1S/C52H99NO5/c1-3-5-7-9-11-13-15-17-19-20-22-26-30-34-38-42-46-52(57)58-47-43-39-35-31-27-23-25-29-33-37-41-45-51(56)53-49(48-54)50(55)44-40-36-32-28-24-21-18-16-14-12-10-8-6-4-2/h27,31,40,44,49-50,54-55H,3-26,28-30,32-39,41-43,45-48H2,1-2H3,(H,53,56)/b31-27-,44-40+. The average molecular weight is 818 g/mol. The van der Waals surface area contributed by atoms with Crippen LogP contribution in [-0.2, 0) is 14.3 Å². The molecule has 2 unspecified atom stereocenters. The van der Waals surface area contributed by atoms with Crippen molar-refractivity contribution < 1.29 is 24.5 Å². The number of aliphatic hydroxyl groups is 2. The second-order valence-electron chi connectivity index (χ2n) is 17.5. The van der Waals surface area contributed by atoms with E-state index in [4.69, 9.17) is 4.74 Å². The van der Waals surface area contributed by atoms with Crippen molar-refractivity contribution in [3.05, 3.63) is 24.3 Å². The summed E-state index contributed by atoms with van der Waals surface area (Å²) in [4.78, 5) is 24.4. The minimum absolute atomic E-state index is 0.0299. The van der Waals surface area contributed by atoms with Gasteiger partial charge in [0.1, 0.15) is 0 Å². The Hall–Kier alpha value is -1.66. The smallest absolute Gasteiger partial charge is 0.305 e. The largest absolute Gasteiger partial charge is 0.466 e. The van der Waals surface area contributed by atoms with E-state index in [9.17, 15) is 19.8 Å². The van der Waals surface area contributed by atoms with Gasteiger partial charge in [-0.15, -0.1) is 0 Å². The summed E-state index contributed by atoms with van der Waals surface area (Å²) < 4.78 is 5.44. The summed E-state index contributed by atoms with van der Waals surface area (Å²) in [6.45, 7) is 4.83. The van der Waals surface area contributed by atoms with Crippen LogP contribution in [-0.4, -0.2) is 47.4 Å². The number of esters is 1. The van der Waals surface area contributed by atoms with Crippen molar-refractivity contribution in [2.24, 2.45) is 0 Å². The van der Waals surface area contributed by atoms with Crippen LogP contribution in [0.4, 0.5) is 0 Å². The van der Waals surface area contributed by atoms with Gasteiger partial charge in [-0.3, -0.25) is 9.59 Å². The second kappa shape index (κ2) is 48.0. The van der Waals surface area contributed by atoms with Gasteiger partial charge in [-0.1, -0.05) is 224 Å². The molecule has 58 heavy (non-hydrogen) atoms. The van der Waals surface area contributed by atoms with Crippen molar-refractivity contribution in [3.63, 3.8) is 0 Å². The highest BCUT2D eigenvalue weighted by molar-refractivity contribution is 5.76. The molecule has 0 aliphatic carbocycles. The summed E-state index contributed by atoms with van der Waals surface area (Å²) in [5.41, 5.74) is 0. The number of carbonyl (C=O) groups excluding carboxylic acids is 2. The predicted octanol–water partition coefficient (Wildman–Crippen LogP) is 15.1. The Morgan fingerprint density at radius 3 is 1.22 bits per heavy atom. The molecule has 0 aromatic rings. The third-order valence-electron chi connectivity index (χ3n) is 11.7. The van der Waals surface area contributed by atoms with Crippen LogP contribution in [0.15, 0.2) is 24.3 Å². The lowest BCUT2D eigenvalue weighted by atomic mass is 10.0. The Morgan fingerprint density at radius 1 is 0.466 bits per heavy atom. The summed E-state index contributed by atoms with van der Waals surface area (Å²) in [5.74, 6) is -0.127. The molecule has 0 spiro atoms. The Labute approximate surface area is 361 Å². The molecule has 6 nitrogen and oxygen atoms in total. The molecule has 6 heteroatoms. The van der Waals surface area contributed by atoms with Crippen LogP contribution in [0.1, 0.15) is 271 Å². The molecule has 1 amide bonds. The lowest BCUT2D eigenvalue weighted by Crippen LogP contribution is -2.45. The summed E-state index contributed by atoms with van der Waals surface area (Å²) in [6, 6.07) is -0.647. The van der Waals surface area contributed by atoms with Gasteiger partial charge in [0.15, 0.2) is 0 Å². The van der Waals surface area contributed by atoms with Crippen molar-refractivity contribution in [3.8, 4) is 0 Å².